The second kappa shape index (κ2) is 12.0. The molecule has 0 spiro atoms. The summed E-state index contributed by atoms with van der Waals surface area (Å²) in [6.45, 7) is 1.51. The van der Waals surface area contributed by atoms with Crippen LogP contribution in [0.3, 0.4) is 0 Å². The van der Waals surface area contributed by atoms with E-state index in [1.807, 2.05) is 66.9 Å². The van der Waals surface area contributed by atoms with Gasteiger partial charge in [0.05, 0.1) is 0 Å². The fraction of sp³-hybridized carbons (Fsp3) is 0.226. The molecule has 1 heterocycles. The molecule has 1 aromatic heterocycles. The molecule has 2 N–H and O–H groups in total. The zero-order chi connectivity index (χ0) is 25.3. The topological polar surface area (TPSA) is 79.4 Å². The van der Waals surface area contributed by atoms with E-state index in [0.29, 0.717) is 12.2 Å². The van der Waals surface area contributed by atoms with E-state index < -0.39 is 12.1 Å². The number of aromatic nitrogens is 1. The lowest BCUT2D eigenvalue weighted by Crippen LogP contribution is -2.22. The molecule has 4 rings (SSSR count). The molecular weight excluding hydrogens is 450 g/mol. The summed E-state index contributed by atoms with van der Waals surface area (Å²) in [5.41, 5.74) is 5.26. The van der Waals surface area contributed by atoms with Gasteiger partial charge in [-0.2, -0.15) is 0 Å². The van der Waals surface area contributed by atoms with Gasteiger partial charge in [0.1, 0.15) is 5.75 Å². The van der Waals surface area contributed by atoms with Gasteiger partial charge in [-0.15, -0.1) is 0 Å². The maximum Gasteiger partial charge on any atom is 0.344 e. The molecule has 0 radical (unpaired) electrons. The number of carbonyl (C=O) groups is 1. The third kappa shape index (κ3) is 6.51. The maximum absolute atomic E-state index is 12.6. The number of aryl methyl sites for hydroxylation is 2. The molecule has 184 valence electrons. The van der Waals surface area contributed by atoms with Crippen molar-refractivity contribution in [2.45, 2.75) is 44.6 Å². The van der Waals surface area contributed by atoms with E-state index in [-0.39, 0.29) is 11.5 Å². The van der Waals surface area contributed by atoms with Crippen LogP contribution >= 0.6 is 0 Å². The van der Waals surface area contributed by atoms with Crippen LogP contribution in [0.5, 0.6) is 5.75 Å². The number of aromatic amines is 1. The summed E-state index contributed by atoms with van der Waals surface area (Å²) in [6.07, 6.45) is 4.22. The van der Waals surface area contributed by atoms with Gasteiger partial charge in [0, 0.05) is 17.7 Å². The molecule has 0 aliphatic rings. The second-order valence-electron chi connectivity index (χ2n) is 8.99. The molecule has 5 nitrogen and oxygen atoms in total. The number of hydrogen-bond donors (Lipinski definition) is 2. The van der Waals surface area contributed by atoms with Crippen molar-refractivity contribution < 1.29 is 14.6 Å². The third-order valence-corrected chi connectivity index (χ3v) is 6.32. The van der Waals surface area contributed by atoms with Crippen LogP contribution in [-0.4, -0.2) is 22.2 Å². The van der Waals surface area contributed by atoms with Gasteiger partial charge in [0.15, 0.2) is 6.10 Å². The lowest BCUT2D eigenvalue weighted by Gasteiger charge is -2.19. The number of rotatable bonds is 11. The quantitative estimate of drug-likeness (QED) is 0.259. The summed E-state index contributed by atoms with van der Waals surface area (Å²) >= 11 is 0. The number of H-pyrrole nitrogens is 1. The Morgan fingerprint density at radius 1 is 0.833 bits per heavy atom. The number of pyridine rings is 1. The van der Waals surface area contributed by atoms with Crippen LogP contribution in [0.1, 0.15) is 53.5 Å². The van der Waals surface area contributed by atoms with Crippen LogP contribution in [0.15, 0.2) is 102 Å². The highest BCUT2D eigenvalue weighted by atomic mass is 16.5. The van der Waals surface area contributed by atoms with Crippen LogP contribution in [0.2, 0.25) is 0 Å². The minimum absolute atomic E-state index is 0.0407. The van der Waals surface area contributed by atoms with E-state index in [9.17, 15) is 9.59 Å². The van der Waals surface area contributed by atoms with E-state index >= 15 is 0 Å². The third-order valence-electron chi connectivity index (χ3n) is 6.32. The Labute approximate surface area is 211 Å². The van der Waals surface area contributed by atoms with E-state index in [1.165, 1.54) is 18.1 Å². The van der Waals surface area contributed by atoms with Crippen molar-refractivity contribution in [1.82, 2.24) is 4.98 Å². The van der Waals surface area contributed by atoms with Crippen molar-refractivity contribution in [3.8, 4) is 5.75 Å². The monoisotopic (exact) mass is 481 g/mol. The lowest BCUT2D eigenvalue weighted by atomic mass is 9.85. The first-order valence-corrected chi connectivity index (χ1v) is 12.3. The highest BCUT2D eigenvalue weighted by Crippen LogP contribution is 2.31. The number of aliphatic carboxylic acids is 1. The van der Waals surface area contributed by atoms with Crippen LogP contribution in [0.4, 0.5) is 0 Å². The Morgan fingerprint density at radius 2 is 1.47 bits per heavy atom. The van der Waals surface area contributed by atoms with E-state index in [0.717, 1.165) is 36.0 Å². The summed E-state index contributed by atoms with van der Waals surface area (Å²) in [4.78, 5) is 26.6. The van der Waals surface area contributed by atoms with Gasteiger partial charge in [-0.1, -0.05) is 72.8 Å². The van der Waals surface area contributed by atoms with Crippen molar-refractivity contribution in [3.05, 3.63) is 135 Å². The SMILES string of the molecule is C[C@H](Oc1cccc(CCCCc2cc(C(c3ccccc3)c3ccccc3)c[nH]c2=O)c1)C(=O)O. The van der Waals surface area contributed by atoms with Crippen LogP contribution < -0.4 is 10.3 Å². The first-order chi connectivity index (χ1) is 17.5. The average molecular weight is 482 g/mol. The summed E-state index contributed by atoms with van der Waals surface area (Å²) in [7, 11) is 0. The minimum atomic E-state index is -0.991. The fourth-order valence-corrected chi connectivity index (χ4v) is 4.44. The normalized spacial score (nSPS) is 11.8. The molecule has 0 saturated heterocycles. The van der Waals surface area contributed by atoms with Crippen LogP contribution in [-0.2, 0) is 17.6 Å². The Bertz CT molecular complexity index is 1290. The summed E-state index contributed by atoms with van der Waals surface area (Å²) in [6, 6.07) is 30.3. The van der Waals surface area contributed by atoms with Crippen molar-refractivity contribution in [2.24, 2.45) is 0 Å². The number of hydrogen-bond acceptors (Lipinski definition) is 3. The predicted octanol–water partition coefficient (Wildman–Crippen LogP) is 5.97. The Kier molecular flexibility index (Phi) is 8.35. The highest BCUT2D eigenvalue weighted by Gasteiger charge is 2.18. The number of benzene rings is 3. The summed E-state index contributed by atoms with van der Waals surface area (Å²) in [5.74, 6) is -0.395. The molecule has 1 atom stereocenters. The van der Waals surface area contributed by atoms with Crippen molar-refractivity contribution in [3.63, 3.8) is 0 Å². The van der Waals surface area contributed by atoms with Crippen LogP contribution in [0.25, 0.3) is 0 Å². The average Bonchev–Trinajstić information content (AvgIpc) is 2.90. The smallest absolute Gasteiger partial charge is 0.344 e. The Balaban J connectivity index is 1.44. The highest BCUT2D eigenvalue weighted by molar-refractivity contribution is 5.72. The van der Waals surface area contributed by atoms with Gasteiger partial charge in [-0.05, 0) is 73.1 Å². The van der Waals surface area contributed by atoms with E-state index in [4.69, 9.17) is 9.84 Å². The first-order valence-electron chi connectivity index (χ1n) is 12.3. The number of unbranched alkanes of at least 4 members (excludes halogenated alkanes) is 1. The zero-order valence-electron chi connectivity index (χ0n) is 20.4. The molecule has 0 unspecified atom stereocenters. The van der Waals surface area contributed by atoms with Crippen molar-refractivity contribution >= 4 is 5.97 Å². The lowest BCUT2D eigenvalue weighted by molar-refractivity contribution is -0.144. The summed E-state index contributed by atoms with van der Waals surface area (Å²) in [5, 5.41) is 9.05. The van der Waals surface area contributed by atoms with Crippen molar-refractivity contribution in [2.75, 3.05) is 0 Å². The molecule has 36 heavy (non-hydrogen) atoms. The van der Waals surface area contributed by atoms with E-state index in [2.05, 4.69) is 29.2 Å². The molecule has 0 fully saturated rings. The van der Waals surface area contributed by atoms with Gasteiger partial charge in [0.2, 0.25) is 0 Å². The maximum atomic E-state index is 12.6. The number of carboxylic acid groups (broad SMARTS) is 1. The minimum Gasteiger partial charge on any atom is -0.479 e. The zero-order valence-corrected chi connectivity index (χ0v) is 20.4. The van der Waals surface area contributed by atoms with Gasteiger partial charge < -0.3 is 14.8 Å². The molecule has 5 heteroatoms. The molecule has 0 amide bonds. The molecule has 0 bridgehead atoms. The molecule has 0 saturated carbocycles. The van der Waals surface area contributed by atoms with E-state index in [1.54, 1.807) is 6.07 Å². The molecule has 3 aromatic carbocycles. The standard InChI is InChI=1S/C31H31NO4/c1-22(31(34)35)36-28-18-10-12-23(19-28)11-8-9-17-26-20-27(21-32-30(26)33)29(24-13-4-2-5-14-24)25-15-6-3-7-16-25/h2-7,10,12-16,18-22,29H,8-9,11,17H2,1H3,(H,32,33)(H,34,35)/t22-/m0/s1. The first kappa shape index (κ1) is 25.0. The van der Waals surface area contributed by atoms with Gasteiger partial charge in [-0.25, -0.2) is 4.79 Å². The number of nitrogens with one attached hydrogen (secondary N) is 1. The Hall–Kier alpha value is -4.12. The molecule has 4 aromatic rings. The Morgan fingerprint density at radius 3 is 2.11 bits per heavy atom. The molecule has 0 aliphatic carbocycles. The van der Waals surface area contributed by atoms with Gasteiger partial charge in [0.25, 0.3) is 5.56 Å². The largest absolute Gasteiger partial charge is 0.479 e. The van der Waals surface area contributed by atoms with Crippen molar-refractivity contribution in [1.29, 1.82) is 0 Å². The van der Waals surface area contributed by atoms with Gasteiger partial charge in [-0.3, -0.25) is 4.79 Å². The molecular formula is C31H31NO4. The molecule has 0 aliphatic heterocycles. The summed E-state index contributed by atoms with van der Waals surface area (Å²) < 4.78 is 5.47. The van der Waals surface area contributed by atoms with Gasteiger partial charge >= 0.3 is 5.97 Å². The number of ether oxygens (including phenoxy) is 1. The predicted molar refractivity (Wildman–Crippen MR) is 142 cm³/mol. The van der Waals surface area contributed by atoms with Crippen LogP contribution in [0, 0.1) is 0 Å². The second-order valence-corrected chi connectivity index (χ2v) is 8.99. The fourth-order valence-electron chi connectivity index (χ4n) is 4.44. The number of carboxylic acids is 1.